The number of carbonyl (C=O) groups excluding carboxylic acids is 3. The number of benzene rings is 3. The molecule has 5 nitrogen and oxygen atoms in total. The average molecular weight is 452 g/mol. The first-order chi connectivity index (χ1) is 16.3. The molecule has 34 heavy (non-hydrogen) atoms. The summed E-state index contributed by atoms with van der Waals surface area (Å²) in [4.78, 5) is 41.5. The van der Waals surface area contributed by atoms with Crippen molar-refractivity contribution in [2.24, 2.45) is 11.8 Å². The van der Waals surface area contributed by atoms with Crippen LogP contribution in [0.4, 0.5) is 5.69 Å². The van der Waals surface area contributed by atoms with Gasteiger partial charge in [-0.2, -0.15) is 0 Å². The van der Waals surface area contributed by atoms with Crippen molar-refractivity contribution >= 4 is 23.5 Å². The van der Waals surface area contributed by atoms with E-state index in [0.717, 1.165) is 22.3 Å². The predicted octanol–water partition coefficient (Wildman–Crippen LogP) is 4.61. The number of carbonyl (C=O) groups is 3. The fourth-order valence-corrected chi connectivity index (χ4v) is 6.79. The van der Waals surface area contributed by atoms with Crippen LogP contribution < -0.4 is 4.90 Å². The molecule has 1 heterocycles. The zero-order chi connectivity index (χ0) is 23.8. The smallest absolute Gasteiger partial charge is 0.338 e. The molecule has 3 aromatic carbocycles. The molecule has 0 N–H and O–H groups in total. The van der Waals surface area contributed by atoms with Crippen molar-refractivity contribution in [2.45, 2.75) is 31.6 Å². The SMILES string of the molecule is CCOC(=O)c1ccc(N2C(=O)[C@@H]3[C@@H](C2=O)C2(C)c4ccccc4C3(C)c3ccccc32)cc1. The first-order valence-corrected chi connectivity index (χ1v) is 11.7. The van der Waals surface area contributed by atoms with Crippen molar-refractivity contribution in [1.29, 1.82) is 0 Å². The summed E-state index contributed by atoms with van der Waals surface area (Å²) in [5.41, 5.74) is 4.15. The van der Waals surface area contributed by atoms with Crippen molar-refractivity contribution in [3.63, 3.8) is 0 Å². The molecule has 2 amide bonds. The molecule has 0 radical (unpaired) electrons. The number of esters is 1. The lowest BCUT2D eigenvalue weighted by atomic mass is 9.42. The van der Waals surface area contributed by atoms with Crippen LogP contribution in [0.15, 0.2) is 72.8 Å². The Labute approximate surface area is 198 Å². The van der Waals surface area contributed by atoms with Crippen LogP contribution in [0.3, 0.4) is 0 Å². The Morgan fingerprint density at radius 1 is 0.765 bits per heavy atom. The van der Waals surface area contributed by atoms with E-state index in [1.807, 2.05) is 24.3 Å². The van der Waals surface area contributed by atoms with Gasteiger partial charge in [0.25, 0.3) is 0 Å². The first-order valence-electron chi connectivity index (χ1n) is 11.7. The van der Waals surface area contributed by atoms with Gasteiger partial charge in [-0.05, 0) is 53.4 Å². The number of hydrogen-bond donors (Lipinski definition) is 0. The summed E-state index contributed by atoms with van der Waals surface area (Å²) in [7, 11) is 0. The van der Waals surface area contributed by atoms with Crippen molar-refractivity contribution in [1.82, 2.24) is 0 Å². The van der Waals surface area contributed by atoms with Crippen LogP contribution in [0.5, 0.6) is 0 Å². The molecule has 3 aromatic rings. The van der Waals surface area contributed by atoms with Crippen molar-refractivity contribution in [2.75, 3.05) is 11.5 Å². The fourth-order valence-electron chi connectivity index (χ4n) is 6.79. The zero-order valence-corrected chi connectivity index (χ0v) is 19.4. The van der Waals surface area contributed by atoms with Crippen LogP contribution in [0, 0.1) is 11.8 Å². The Balaban J connectivity index is 1.52. The lowest BCUT2D eigenvalue weighted by Gasteiger charge is -2.57. The number of hydrogen-bond acceptors (Lipinski definition) is 4. The van der Waals surface area contributed by atoms with E-state index < -0.39 is 28.6 Å². The van der Waals surface area contributed by atoms with Crippen LogP contribution in [-0.4, -0.2) is 24.4 Å². The predicted molar refractivity (Wildman–Crippen MR) is 128 cm³/mol. The average Bonchev–Trinajstić information content (AvgIpc) is 3.14. The number of ether oxygens (including phenoxy) is 1. The standard InChI is InChI=1S/C29H25NO4/c1-4-34-27(33)17-13-15-18(16-14-17)30-25(31)23-24(26(30)32)29(3)21-11-7-5-9-19(21)28(23,2)20-10-6-8-12-22(20)29/h5-16,23-24H,4H2,1-3H3/t23-,24-,28?,29?/m0/s1. The molecular weight excluding hydrogens is 426 g/mol. The van der Waals surface area contributed by atoms with Crippen molar-refractivity contribution in [3.05, 3.63) is 101 Å². The summed E-state index contributed by atoms with van der Waals surface area (Å²) >= 11 is 0. The molecule has 7 rings (SSSR count). The van der Waals surface area contributed by atoms with Crippen molar-refractivity contribution in [3.8, 4) is 0 Å². The van der Waals surface area contributed by atoms with Gasteiger partial charge in [-0.15, -0.1) is 0 Å². The van der Waals surface area contributed by atoms with Crippen LogP contribution in [0.25, 0.3) is 0 Å². The summed E-state index contributed by atoms with van der Waals surface area (Å²) in [5.74, 6) is -1.79. The highest BCUT2D eigenvalue weighted by molar-refractivity contribution is 6.24. The summed E-state index contributed by atoms with van der Waals surface area (Å²) in [6.07, 6.45) is 0. The summed E-state index contributed by atoms with van der Waals surface area (Å²) in [6, 6.07) is 23.0. The molecule has 5 heteroatoms. The molecule has 0 aromatic heterocycles. The third-order valence-electron chi connectivity index (χ3n) is 8.28. The molecule has 4 aliphatic rings. The maximum Gasteiger partial charge on any atom is 0.338 e. The van der Waals surface area contributed by atoms with Crippen LogP contribution in [0.2, 0.25) is 0 Å². The van der Waals surface area contributed by atoms with Gasteiger partial charge < -0.3 is 4.74 Å². The Kier molecular flexibility index (Phi) is 4.22. The Morgan fingerprint density at radius 2 is 1.18 bits per heavy atom. The Morgan fingerprint density at radius 3 is 1.56 bits per heavy atom. The molecule has 1 aliphatic heterocycles. The maximum absolute atomic E-state index is 14.0. The molecule has 3 aliphatic carbocycles. The lowest BCUT2D eigenvalue weighted by molar-refractivity contribution is -0.124. The Bertz CT molecular complexity index is 1250. The minimum Gasteiger partial charge on any atom is -0.462 e. The van der Waals surface area contributed by atoms with E-state index in [2.05, 4.69) is 38.1 Å². The molecule has 2 bridgehead atoms. The normalized spacial score (nSPS) is 28.4. The highest BCUT2D eigenvalue weighted by atomic mass is 16.5. The van der Waals surface area contributed by atoms with Gasteiger partial charge in [-0.1, -0.05) is 62.4 Å². The number of rotatable bonds is 3. The van der Waals surface area contributed by atoms with E-state index in [0.29, 0.717) is 11.3 Å². The maximum atomic E-state index is 14.0. The third kappa shape index (κ3) is 2.32. The fraction of sp³-hybridized carbons (Fsp3) is 0.276. The molecule has 2 atom stereocenters. The second kappa shape index (κ2) is 6.89. The molecule has 1 fully saturated rings. The van der Waals surface area contributed by atoms with Gasteiger partial charge in [0.15, 0.2) is 0 Å². The van der Waals surface area contributed by atoms with Crippen LogP contribution in [-0.2, 0) is 25.2 Å². The van der Waals surface area contributed by atoms with Crippen LogP contribution in [0.1, 0.15) is 53.4 Å². The van der Waals surface area contributed by atoms with Crippen molar-refractivity contribution < 1.29 is 19.1 Å². The van der Waals surface area contributed by atoms with E-state index in [4.69, 9.17) is 4.74 Å². The minimum atomic E-state index is -0.609. The third-order valence-corrected chi connectivity index (χ3v) is 8.28. The van der Waals surface area contributed by atoms with Gasteiger partial charge in [0.05, 0.1) is 29.7 Å². The van der Waals surface area contributed by atoms with E-state index in [1.54, 1.807) is 31.2 Å². The highest BCUT2D eigenvalue weighted by Crippen LogP contribution is 2.66. The quantitative estimate of drug-likeness (QED) is 0.431. The first kappa shape index (κ1) is 20.8. The van der Waals surface area contributed by atoms with E-state index in [1.165, 1.54) is 4.90 Å². The zero-order valence-electron chi connectivity index (χ0n) is 19.4. The Hall–Kier alpha value is -3.73. The van der Waals surface area contributed by atoms with Gasteiger partial charge in [0.1, 0.15) is 0 Å². The molecule has 0 unspecified atom stereocenters. The summed E-state index contributed by atoms with van der Waals surface area (Å²) in [5, 5.41) is 0. The monoisotopic (exact) mass is 451 g/mol. The van der Waals surface area contributed by atoms with Gasteiger partial charge in [-0.25, -0.2) is 9.69 Å². The topological polar surface area (TPSA) is 63.7 Å². The minimum absolute atomic E-state index is 0.184. The number of nitrogens with zero attached hydrogens (tertiary/aromatic N) is 1. The van der Waals surface area contributed by atoms with E-state index >= 15 is 0 Å². The number of amides is 2. The number of anilines is 1. The molecule has 170 valence electrons. The highest BCUT2D eigenvalue weighted by Gasteiger charge is 2.70. The number of imide groups is 1. The second-order valence-corrected chi connectivity index (χ2v) is 9.73. The van der Waals surface area contributed by atoms with Gasteiger partial charge in [0.2, 0.25) is 11.8 Å². The molecule has 0 spiro atoms. The van der Waals surface area contributed by atoms with Gasteiger partial charge in [0, 0.05) is 10.8 Å². The summed E-state index contributed by atoms with van der Waals surface area (Å²) in [6.45, 7) is 6.26. The van der Waals surface area contributed by atoms with E-state index in [9.17, 15) is 14.4 Å². The molecular formula is C29H25NO4. The van der Waals surface area contributed by atoms with Gasteiger partial charge in [-0.3, -0.25) is 9.59 Å². The largest absolute Gasteiger partial charge is 0.462 e. The second-order valence-electron chi connectivity index (χ2n) is 9.73. The van der Waals surface area contributed by atoms with E-state index in [-0.39, 0.29) is 18.4 Å². The molecule has 0 saturated carbocycles. The van der Waals surface area contributed by atoms with Crippen LogP contribution >= 0.6 is 0 Å². The van der Waals surface area contributed by atoms with Gasteiger partial charge >= 0.3 is 5.97 Å². The molecule has 1 saturated heterocycles. The summed E-state index contributed by atoms with van der Waals surface area (Å²) < 4.78 is 5.06. The lowest BCUT2D eigenvalue weighted by Crippen LogP contribution is -2.59.